The lowest BCUT2D eigenvalue weighted by molar-refractivity contribution is -0.179. The zero-order valence-corrected chi connectivity index (χ0v) is 10.4. The zero-order chi connectivity index (χ0) is 14.0. The molecule has 0 aromatic carbocycles. The topological polar surface area (TPSA) is 64.3 Å². The van der Waals surface area contributed by atoms with Crippen LogP contribution in [-0.4, -0.2) is 36.3 Å². The van der Waals surface area contributed by atoms with Crippen LogP contribution >= 0.6 is 0 Å². The fourth-order valence-corrected chi connectivity index (χ4v) is 2.22. The molecule has 0 aliphatic carbocycles. The second kappa shape index (κ2) is 5.10. The second-order valence-corrected chi connectivity index (χ2v) is 4.42. The minimum Gasteiger partial charge on any atom is -0.490 e. The van der Waals surface area contributed by atoms with Crippen LogP contribution in [0.15, 0.2) is 6.33 Å². The number of hydrogen-bond acceptors (Lipinski definition) is 5. The van der Waals surface area contributed by atoms with E-state index in [4.69, 9.17) is 10.5 Å². The Labute approximate surface area is 108 Å². The van der Waals surface area contributed by atoms with E-state index in [9.17, 15) is 13.2 Å². The van der Waals surface area contributed by atoms with E-state index in [-0.39, 0.29) is 31.7 Å². The number of halogens is 3. The predicted molar refractivity (Wildman–Crippen MR) is 64.0 cm³/mol. The van der Waals surface area contributed by atoms with Gasteiger partial charge in [0.25, 0.3) is 0 Å². The standard InChI is InChI=1S/C11H15F3N4O/c1-19-8-9(15)16-6-17-10(8)18-4-2-7(3-5-18)11(12,13)14/h6-7H,2-5H2,1H3,(H2,15,16,17). The summed E-state index contributed by atoms with van der Waals surface area (Å²) < 4.78 is 42.9. The summed E-state index contributed by atoms with van der Waals surface area (Å²) in [6.07, 6.45) is -2.74. The van der Waals surface area contributed by atoms with E-state index in [1.807, 2.05) is 0 Å². The highest BCUT2D eigenvalue weighted by Gasteiger charge is 2.41. The van der Waals surface area contributed by atoms with Crippen LogP contribution in [0, 0.1) is 5.92 Å². The lowest BCUT2D eigenvalue weighted by Crippen LogP contribution is -2.39. The molecule has 2 N–H and O–H groups in total. The monoisotopic (exact) mass is 276 g/mol. The maximum Gasteiger partial charge on any atom is 0.391 e. The first kappa shape index (κ1) is 13.7. The minimum atomic E-state index is -4.12. The van der Waals surface area contributed by atoms with Gasteiger partial charge in [-0.3, -0.25) is 0 Å². The number of alkyl halides is 3. The van der Waals surface area contributed by atoms with Gasteiger partial charge < -0.3 is 15.4 Å². The van der Waals surface area contributed by atoms with Crippen LogP contribution in [0.5, 0.6) is 5.75 Å². The van der Waals surface area contributed by atoms with E-state index in [2.05, 4.69) is 9.97 Å². The molecule has 1 fully saturated rings. The van der Waals surface area contributed by atoms with Crippen molar-refractivity contribution >= 4 is 11.6 Å². The molecule has 106 valence electrons. The van der Waals surface area contributed by atoms with Gasteiger partial charge in [-0.05, 0) is 12.8 Å². The number of aromatic nitrogens is 2. The minimum absolute atomic E-state index is 0.0521. The van der Waals surface area contributed by atoms with Gasteiger partial charge in [0.05, 0.1) is 13.0 Å². The van der Waals surface area contributed by atoms with Crippen molar-refractivity contribution in [3.05, 3.63) is 6.33 Å². The van der Waals surface area contributed by atoms with Crippen LogP contribution in [0.25, 0.3) is 0 Å². The van der Waals surface area contributed by atoms with Crippen molar-refractivity contribution in [2.75, 3.05) is 30.8 Å². The molecule has 0 radical (unpaired) electrons. The molecule has 1 aromatic heterocycles. The molecule has 0 spiro atoms. The van der Waals surface area contributed by atoms with Crippen molar-refractivity contribution in [2.24, 2.45) is 5.92 Å². The van der Waals surface area contributed by atoms with Gasteiger partial charge in [-0.1, -0.05) is 0 Å². The summed E-state index contributed by atoms with van der Waals surface area (Å²) in [7, 11) is 1.43. The second-order valence-electron chi connectivity index (χ2n) is 4.42. The Morgan fingerprint density at radius 3 is 2.47 bits per heavy atom. The van der Waals surface area contributed by atoms with Crippen molar-refractivity contribution in [1.29, 1.82) is 0 Å². The third-order valence-corrected chi connectivity index (χ3v) is 3.27. The molecule has 0 bridgehead atoms. The highest BCUT2D eigenvalue weighted by molar-refractivity contribution is 5.62. The van der Waals surface area contributed by atoms with Gasteiger partial charge in [0.2, 0.25) is 5.75 Å². The number of nitrogens with two attached hydrogens (primary N) is 1. The number of piperidine rings is 1. The Bertz CT molecular complexity index is 444. The highest BCUT2D eigenvalue weighted by Crippen LogP contribution is 2.37. The fraction of sp³-hybridized carbons (Fsp3) is 0.636. The molecular formula is C11H15F3N4O. The average Bonchev–Trinajstić information content (AvgIpc) is 2.37. The molecule has 5 nitrogen and oxygen atoms in total. The largest absolute Gasteiger partial charge is 0.490 e. The Morgan fingerprint density at radius 2 is 1.95 bits per heavy atom. The van der Waals surface area contributed by atoms with E-state index >= 15 is 0 Å². The van der Waals surface area contributed by atoms with Crippen LogP contribution in [-0.2, 0) is 0 Å². The third kappa shape index (κ3) is 2.82. The van der Waals surface area contributed by atoms with Crippen molar-refractivity contribution in [3.8, 4) is 5.75 Å². The summed E-state index contributed by atoms with van der Waals surface area (Å²) in [5.41, 5.74) is 5.65. The Kier molecular flexibility index (Phi) is 3.68. The molecule has 1 aliphatic rings. The predicted octanol–water partition coefficient (Wildman–Crippen LogP) is 1.85. The van der Waals surface area contributed by atoms with E-state index in [1.165, 1.54) is 13.4 Å². The number of nitrogen functional groups attached to an aromatic ring is 1. The molecule has 8 heteroatoms. The lowest BCUT2D eigenvalue weighted by Gasteiger charge is -2.34. The summed E-state index contributed by atoms with van der Waals surface area (Å²) >= 11 is 0. The van der Waals surface area contributed by atoms with Crippen LogP contribution in [0.3, 0.4) is 0 Å². The van der Waals surface area contributed by atoms with Gasteiger partial charge in [0, 0.05) is 13.1 Å². The number of anilines is 2. The van der Waals surface area contributed by atoms with Crippen molar-refractivity contribution in [3.63, 3.8) is 0 Å². The number of nitrogens with zero attached hydrogens (tertiary/aromatic N) is 3. The first-order valence-corrected chi connectivity index (χ1v) is 5.89. The van der Waals surface area contributed by atoms with Crippen LogP contribution < -0.4 is 15.4 Å². The third-order valence-electron chi connectivity index (χ3n) is 3.27. The zero-order valence-electron chi connectivity index (χ0n) is 10.4. The highest BCUT2D eigenvalue weighted by atomic mass is 19.4. The van der Waals surface area contributed by atoms with E-state index < -0.39 is 12.1 Å². The van der Waals surface area contributed by atoms with Crippen LogP contribution in [0.2, 0.25) is 0 Å². The summed E-state index contributed by atoms with van der Waals surface area (Å²) in [6, 6.07) is 0. The first-order chi connectivity index (χ1) is 8.93. The molecule has 2 rings (SSSR count). The Hall–Kier alpha value is -1.73. The molecule has 0 amide bonds. The summed E-state index contributed by atoms with van der Waals surface area (Å²) in [4.78, 5) is 9.59. The molecule has 0 saturated carbocycles. The van der Waals surface area contributed by atoms with Crippen molar-refractivity contribution in [2.45, 2.75) is 19.0 Å². The normalized spacial score (nSPS) is 17.6. The Morgan fingerprint density at radius 1 is 1.32 bits per heavy atom. The van der Waals surface area contributed by atoms with Gasteiger partial charge in [0.1, 0.15) is 6.33 Å². The lowest BCUT2D eigenvalue weighted by atomic mass is 9.96. The molecule has 19 heavy (non-hydrogen) atoms. The molecule has 0 unspecified atom stereocenters. The molecular weight excluding hydrogens is 261 g/mol. The van der Waals surface area contributed by atoms with Gasteiger partial charge in [-0.15, -0.1) is 0 Å². The summed E-state index contributed by atoms with van der Waals surface area (Å²) in [5.74, 6) is -0.289. The molecule has 1 aromatic rings. The van der Waals surface area contributed by atoms with Gasteiger partial charge in [0.15, 0.2) is 11.6 Å². The molecule has 1 aliphatic heterocycles. The number of ether oxygens (including phenoxy) is 1. The molecule has 1 saturated heterocycles. The Balaban J connectivity index is 2.12. The fourth-order valence-electron chi connectivity index (χ4n) is 2.22. The quantitative estimate of drug-likeness (QED) is 0.893. The summed E-state index contributed by atoms with van der Waals surface area (Å²) in [6.45, 7) is 0.550. The van der Waals surface area contributed by atoms with Crippen LogP contribution in [0.4, 0.5) is 24.8 Å². The maximum absolute atomic E-state index is 12.6. The smallest absolute Gasteiger partial charge is 0.391 e. The molecule has 0 atom stereocenters. The number of rotatable bonds is 2. The summed E-state index contributed by atoms with van der Waals surface area (Å²) in [5, 5.41) is 0. The maximum atomic E-state index is 12.6. The van der Waals surface area contributed by atoms with E-state index in [1.54, 1.807) is 4.90 Å². The van der Waals surface area contributed by atoms with Gasteiger partial charge in [-0.2, -0.15) is 13.2 Å². The average molecular weight is 276 g/mol. The van der Waals surface area contributed by atoms with Gasteiger partial charge in [-0.25, -0.2) is 9.97 Å². The first-order valence-electron chi connectivity index (χ1n) is 5.89. The number of methoxy groups -OCH3 is 1. The number of hydrogen-bond donors (Lipinski definition) is 1. The molecule has 2 heterocycles. The SMILES string of the molecule is COc1c(N)ncnc1N1CCC(C(F)(F)F)CC1. The van der Waals surface area contributed by atoms with Crippen LogP contribution in [0.1, 0.15) is 12.8 Å². The van der Waals surface area contributed by atoms with Crippen molar-refractivity contribution < 1.29 is 17.9 Å². The van der Waals surface area contributed by atoms with E-state index in [0.29, 0.717) is 11.6 Å². The van der Waals surface area contributed by atoms with E-state index in [0.717, 1.165) is 0 Å². The van der Waals surface area contributed by atoms with Gasteiger partial charge >= 0.3 is 6.18 Å². The van der Waals surface area contributed by atoms with Crippen molar-refractivity contribution in [1.82, 2.24) is 9.97 Å².